The summed E-state index contributed by atoms with van der Waals surface area (Å²) in [4.78, 5) is 38.0. The maximum Gasteiger partial charge on any atom is 0.265 e. The van der Waals surface area contributed by atoms with Gasteiger partial charge in [-0.15, -0.1) is 0 Å². The van der Waals surface area contributed by atoms with Crippen molar-refractivity contribution in [2.75, 3.05) is 29.9 Å². The molecular weight excluding hydrogens is 346 g/mol. The minimum Gasteiger partial charge on any atom is -0.482 e. The molecule has 2 N–H and O–H groups in total. The van der Waals surface area contributed by atoms with Crippen LogP contribution in [0.5, 0.6) is 5.75 Å². The third-order valence-electron chi connectivity index (χ3n) is 4.05. The summed E-state index contributed by atoms with van der Waals surface area (Å²) in [5.74, 6) is -0.257. The molecule has 1 aliphatic rings. The van der Waals surface area contributed by atoms with Gasteiger partial charge in [-0.2, -0.15) is 0 Å². The van der Waals surface area contributed by atoms with E-state index in [0.29, 0.717) is 29.2 Å². The summed E-state index contributed by atoms with van der Waals surface area (Å²) in [5, 5.41) is 5.53. The van der Waals surface area contributed by atoms with E-state index in [4.69, 9.17) is 4.74 Å². The van der Waals surface area contributed by atoms with Crippen molar-refractivity contribution in [2.24, 2.45) is 0 Å². The Hall–Kier alpha value is -3.35. The number of ether oxygens (including phenoxy) is 1. The Labute approximate surface area is 157 Å². The summed E-state index contributed by atoms with van der Waals surface area (Å²) >= 11 is 0. The van der Waals surface area contributed by atoms with Crippen LogP contribution in [0.3, 0.4) is 0 Å². The van der Waals surface area contributed by atoms with Crippen LogP contribution in [0, 0.1) is 0 Å². The number of carbonyl (C=O) groups excluding carboxylic acids is 3. The quantitative estimate of drug-likeness (QED) is 0.819. The van der Waals surface area contributed by atoms with Gasteiger partial charge in [0.25, 0.3) is 11.8 Å². The molecule has 0 unspecified atom stereocenters. The number of para-hydroxylation sites is 2. The molecule has 0 aromatic heterocycles. The SMILES string of the molecule is CCCNC(=O)c1cccc(NC(=O)CN2C(=O)COc3ccccc32)c1. The highest BCUT2D eigenvalue weighted by molar-refractivity contribution is 6.05. The van der Waals surface area contributed by atoms with Crippen LogP contribution >= 0.6 is 0 Å². The second-order valence-electron chi connectivity index (χ2n) is 6.12. The number of hydrogen-bond acceptors (Lipinski definition) is 4. The van der Waals surface area contributed by atoms with Crippen LogP contribution in [0.2, 0.25) is 0 Å². The third kappa shape index (κ3) is 4.44. The van der Waals surface area contributed by atoms with Crippen LogP contribution in [0.1, 0.15) is 23.7 Å². The monoisotopic (exact) mass is 367 g/mol. The Morgan fingerprint density at radius 1 is 1.15 bits per heavy atom. The summed E-state index contributed by atoms with van der Waals surface area (Å²) in [6, 6.07) is 13.8. The van der Waals surface area contributed by atoms with Gasteiger partial charge in [-0.05, 0) is 36.8 Å². The second-order valence-corrected chi connectivity index (χ2v) is 6.12. The number of hydrogen-bond donors (Lipinski definition) is 2. The topological polar surface area (TPSA) is 87.7 Å². The predicted octanol–water partition coefficient (Wildman–Crippen LogP) is 2.19. The summed E-state index contributed by atoms with van der Waals surface area (Å²) < 4.78 is 5.37. The lowest BCUT2D eigenvalue weighted by molar-refractivity contribution is -0.123. The Morgan fingerprint density at radius 3 is 2.78 bits per heavy atom. The average molecular weight is 367 g/mol. The Morgan fingerprint density at radius 2 is 1.96 bits per heavy atom. The van der Waals surface area contributed by atoms with Crippen LogP contribution in [0.25, 0.3) is 0 Å². The van der Waals surface area contributed by atoms with Gasteiger partial charge >= 0.3 is 0 Å². The van der Waals surface area contributed by atoms with Crippen molar-refractivity contribution in [3.8, 4) is 5.75 Å². The highest BCUT2D eigenvalue weighted by atomic mass is 16.5. The second kappa shape index (κ2) is 8.35. The molecule has 7 heteroatoms. The molecule has 0 atom stereocenters. The molecule has 2 aromatic rings. The first-order valence-corrected chi connectivity index (χ1v) is 8.79. The Kier molecular flexibility index (Phi) is 5.71. The fourth-order valence-electron chi connectivity index (χ4n) is 2.75. The smallest absolute Gasteiger partial charge is 0.265 e. The van der Waals surface area contributed by atoms with Crippen LogP contribution in [0.15, 0.2) is 48.5 Å². The molecule has 0 saturated carbocycles. The number of amides is 3. The van der Waals surface area contributed by atoms with Crippen LogP contribution in [-0.4, -0.2) is 37.4 Å². The molecule has 3 rings (SSSR count). The number of benzene rings is 2. The minimum absolute atomic E-state index is 0.0998. The number of nitrogens with one attached hydrogen (secondary N) is 2. The van der Waals surface area contributed by atoms with Crippen molar-refractivity contribution >= 4 is 29.1 Å². The minimum atomic E-state index is -0.355. The molecule has 140 valence electrons. The van der Waals surface area contributed by atoms with Crippen LogP contribution < -0.4 is 20.3 Å². The predicted molar refractivity (Wildman–Crippen MR) is 102 cm³/mol. The number of rotatable bonds is 6. The fraction of sp³-hybridized carbons (Fsp3) is 0.250. The van der Waals surface area contributed by atoms with E-state index < -0.39 is 0 Å². The molecule has 1 heterocycles. The highest BCUT2D eigenvalue weighted by Crippen LogP contribution is 2.31. The summed E-state index contributed by atoms with van der Waals surface area (Å²) in [6.45, 7) is 2.33. The van der Waals surface area contributed by atoms with E-state index in [2.05, 4.69) is 10.6 Å². The van der Waals surface area contributed by atoms with Gasteiger partial charge in [-0.3, -0.25) is 19.3 Å². The van der Waals surface area contributed by atoms with Gasteiger partial charge in [0.05, 0.1) is 5.69 Å². The van der Waals surface area contributed by atoms with Crippen LogP contribution in [0.4, 0.5) is 11.4 Å². The first-order valence-electron chi connectivity index (χ1n) is 8.79. The van der Waals surface area contributed by atoms with Gasteiger partial charge in [0, 0.05) is 17.8 Å². The van der Waals surface area contributed by atoms with Crippen LogP contribution in [-0.2, 0) is 9.59 Å². The fourth-order valence-corrected chi connectivity index (χ4v) is 2.75. The molecule has 0 saturated heterocycles. The normalized spacial score (nSPS) is 12.8. The zero-order chi connectivity index (χ0) is 19.2. The van der Waals surface area contributed by atoms with E-state index in [-0.39, 0.29) is 30.9 Å². The van der Waals surface area contributed by atoms with Crippen molar-refractivity contribution in [1.82, 2.24) is 5.32 Å². The largest absolute Gasteiger partial charge is 0.482 e. The van der Waals surface area contributed by atoms with Gasteiger partial charge < -0.3 is 15.4 Å². The first-order chi connectivity index (χ1) is 13.1. The Bertz CT molecular complexity index is 866. The van der Waals surface area contributed by atoms with E-state index in [1.165, 1.54) is 4.90 Å². The molecule has 1 aliphatic heterocycles. The van der Waals surface area contributed by atoms with E-state index in [1.54, 1.807) is 42.5 Å². The summed E-state index contributed by atoms with van der Waals surface area (Å²) in [6.07, 6.45) is 0.844. The number of carbonyl (C=O) groups is 3. The van der Waals surface area contributed by atoms with E-state index in [1.807, 2.05) is 13.0 Å². The van der Waals surface area contributed by atoms with Crippen molar-refractivity contribution in [3.05, 3.63) is 54.1 Å². The van der Waals surface area contributed by atoms with E-state index >= 15 is 0 Å². The van der Waals surface area contributed by atoms with Gasteiger partial charge in [-0.1, -0.05) is 25.1 Å². The molecule has 0 radical (unpaired) electrons. The Balaban J connectivity index is 1.68. The third-order valence-corrected chi connectivity index (χ3v) is 4.05. The zero-order valence-corrected chi connectivity index (χ0v) is 15.0. The molecule has 3 amide bonds. The van der Waals surface area contributed by atoms with Crippen molar-refractivity contribution in [2.45, 2.75) is 13.3 Å². The molecule has 0 aliphatic carbocycles. The summed E-state index contributed by atoms with van der Waals surface area (Å²) in [5.41, 5.74) is 1.53. The number of nitrogens with zero attached hydrogens (tertiary/aromatic N) is 1. The molecule has 0 fully saturated rings. The van der Waals surface area contributed by atoms with Gasteiger partial charge in [0.1, 0.15) is 12.3 Å². The van der Waals surface area contributed by atoms with Crippen molar-refractivity contribution < 1.29 is 19.1 Å². The van der Waals surface area contributed by atoms with E-state index in [0.717, 1.165) is 6.42 Å². The molecule has 7 nitrogen and oxygen atoms in total. The lowest BCUT2D eigenvalue weighted by atomic mass is 10.2. The summed E-state index contributed by atoms with van der Waals surface area (Å²) in [7, 11) is 0. The standard InChI is InChI=1S/C20H21N3O4/c1-2-10-21-20(26)14-6-5-7-15(11-14)22-18(24)12-23-16-8-3-4-9-17(16)27-13-19(23)25/h3-9,11H,2,10,12-13H2,1H3,(H,21,26)(H,22,24). The van der Waals surface area contributed by atoms with Gasteiger partial charge in [-0.25, -0.2) is 0 Å². The first kappa shape index (κ1) is 18.4. The van der Waals surface area contributed by atoms with Crippen molar-refractivity contribution in [1.29, 1.82) is 0 Å². The highest BCUT2D eigenvalue weighted by Gasteiger charge is 2.26. The van der Waals surface area contributed by atoms with Gasteiger partial charge in [0.2, 0.25) is 5.91 Å². The number of anilines is 2. The lowest BCUT2D eigenvalue weighted by Gasteiger charge is -2.28. The molecule has 2 aromatic carbocycles. The molecule has 0 spiro atoms. The zero-order valence-electron chi connectivity index (χ0n) is 15.0. The maximum absolute atomic E-state index is 12.4. The molecule has 0 bridgehead atoms. The van der Waals surface area contributed by atoms with E-state index in [9.17, 15) is 14.4 Å². The van der Waals surface area contributed by atoms with Gasteiger partial charge in [0.15, 0.2) is 6.61 Å². The number of fused-ring (bicyclic) bond motifs is 1. The average Bonchev–Trinajstić information content (AvgIpc) is 2.68. The molecular formula is C20H21N3O4. The molecule has 27 heavy (non-hydrogen) atoms. The van der Waals surface area contributed by atoms with Crippen molar-refractivity contribution in [3.63, 3.8) is 0 Å². The maximum atomic E-state index is 12.4. The lowest BCUT2D eigenvalue weighted by Crippen LogP contribution is -2.43.